The molecule has 24 heavy (non-hydrogen) atoms. The number of amides is 1. The van der Waals surface area contributed by atoms with E-state index in [1.807, 2.05) is 20.8 Å². The molecule has 0 aliphatic carbocycles. The molecule has 1 amide bonds. The van der Waals surface area contributed by atoms with Crippen molar-refractivity contribution in [3.05, 3.63) is 52.2 Å². The second-order valence-corrected chi connectivity index (χ2v) is 6.14. The van der Waals surface area contributed by atoms with E-state index in [0.717, 1.165) is 40.7 Å². The van der Waals surface area contributed by atoms with Gasteiger partial charge in [0, 0.05) is 5.69 Å². The molecule has 0 saturated carbocycles. The van der Waals surface area contributed by atoms with Crippen LogP contribution in [-0.4, -0.2) is 16.6 Å². The van der Waals surface area contributed by atoms with Gasteiger partial charge in [-0.3, -0.25) is 4.79 Å². The predicted molar refractivity (Wildman–Crippen MR) is 88.9 cm³/mol. The number of hydrogen-bond acceptors (Lipinski definition) is 4. The summed E-state index contributed by atoms with van der Waals surface area (Å²) in [7, 11) is 0. The van der Waals surface area contributed by atoms with Crippen LogP contribution in [0.3, 0.4) is 0 Å². The molecule has 1 aromatic heterocycles. The fourth-order valence-corrected chi connectivity index (χ4v) is 2.96. The number of nitrogens with zero attached hydrogens (tertiary/aromatic N) is 2. The topological polar surface area (TPSA) is 65.8 Å². The molecule has 1 N–H and O–H groups in total. The number of para-hydroxylation sites is 1. The summed E-state index contributed by atoms with van der Waals surface area (Å²) in [4.78, 5) is 16.3. The van der Waals surface area contributed by atoms with Crippen molar-refractivity contribution in [3.63, 3.8) is 0 Å². The lowest BCUT2D eigenvalue weighted by Gasteiger charge is -2.11. The SMILES string of the molecule is Cc1nc(SCC(=O)Nc2c(F)cccc2F)c(C#N)c(C)c1C. The van der Waals surface area contributed by atoms with E-state index >= 15 is 0 Å². The third kappa shape index (κ3) is 3.71. The van der Waals surface area contributed by atoms with Gasteiger partial charge < -0.3 is 5.32 Å². The number of carbonyl (C=O) groups is 1. The number of carbonyl (C=O) groups excluding carboxylic acids is 1. The van der Waals surface area contributed by atoms with Crippen molar-refractivity contribution in [1.29, 1.82) is 5.26 Å². The number of benzene rings is 1. The molecule has 2 aromatic rings. The number of rotatable bonds is 4. The minimum absolute atomic E-state index is 0.114. The molecular formula is C17H15F2N3OS. The van der Waals surface area contributed by atoms with E-state index in [1.54, 1.807) is 0 Å². The first-order valence-electron chi connectivity index (χ1n) is 7.09. The van der Waals surface area contributed by atoms with Gasteiger partial charge in [-0.15, -0.1) is 0 Å². The summed E-state index contributed by atoms with van der Waals surface area (Å²) in [6.07, 6.45) is 0. The summed E-state index contributed by atoms with van der Waals surface area (Å²) in [6, 6.07) is 5.43. The molecular weight excluding hydrogens is 332 g/mol. The molecule has 124 valence electrons. The Labute approximate surface area is 142 Å². The molecule has 0 radical (unpaired) electrons. The van der Waals surface area contributed by atoms with Gasteiger partial charge in [0.1, 0.15) is 28.4 Å². The Morgan fingerprint density at radius 3 is 2.46 bits per heavy atom. The molecule has 1 aromatic carbocycles. The Morgan fingerprint density at radius 1 is 1.25 bits per heavy atom. The lowest BCUT2D eigenvalue weighted by Crippen LogP contribution is -2.16. The standard InChI is InChI=1S/C17H15F2N3OS/c1-9-10(2)12(7-20)17(21-11(9)3)24-8-15(23)22-16-13(18)5-4-6-14(16)19/h4-6H,8H2,1-3H3,(H,22,23). The van der Waals surface area contributed by atoms with E-state index in [-0.39, 0.29) is 5.75 Å². The van der Waals surface area contributed by atoms with Crippen LogP contribution in [0.2, 0.25) is 0 Å². The third-order valence-corrected chi connectivity index (χ3v) is 4.62. The van der Waals surface area contributed by atoms with Crippen molar-refractivity contribution in [2.75, 3.05) is 11.1 Å². The molecule has 0 fully saturated rings. The van der Waals surface area contributed by atoms with Crippen LogP contribution in [0.1, 0.15) is 22.4 Å². The van der Waals surface area contributed by atoms with Crippen LogP contribution in [0.25, 0.3) is 0 Å². The molecule has 4 nitrogen and oxygen atoms in total. The number of nitrogens with one attached hydrogen (secondary N) is 1. The molecule has 0 saturated heterocycles. The summed E-state index contributed by atoms with van der Waals surface area (Å²) in [5.41, 5.74) is 2.44. The van der Waals surface area contributed by atoms with Gasteiger partial charge in [0.15, 0.2) is 0 Å². The number of anilines is 1. The zero-order valence-corrected chi connectivity index (χ0v) is 14.2. The van der Waals surface area contributed by atoms with Crippen LogP contribution < -0.4 is 5.32 Å². The zero-order chi connectivity index (χ0) is 17.9. The highest BCUT2D eigenvalue weighted by atomic mass is 32.2. The maximum atomic E-state index is 13.5. The molecule has 1 heterocycles. The smallest absolute Gasteiger partial charge is 0.234 e. The highest BCUT2D eigenvalue weighted by molar-refractivity contribution is 8.00. The Bertz CT molecular complexity index is 826. The van der Waals surface area contributed by atoms with Crippen LogP contribution >= 0.6 is 11.8 Å². The minimum Gasteiger partial charge on any atom is -0.320 e. The normalized spacial score (nSPS) is 10.3. The van der Waals surface area contributed by atoms with Crippen molar-refractivity contribution in [2.24, 2.45) is 0 Å². The molecule has 0 aliphatic rings. The largest absolute Gasteiger partial charge is 0.320 e. The van der Waals surface area contributed by atoms with E-state index < -0.39 is 23.2 Å². The van der Waals surface area contributed by atoms with Crippen molar-refractivity contribution >= 4 is 23.4 Å². The van der Waals surface area contributed by atoms with Gasteiger partial charge in [-0.1, -0.05) is 17.8 Å². The van der Waals surface area contributed by atoms with Gasteiger partial charge in [-0.05, 0) is 44.0 Å². The van der Waals surface area contributed by atoms with Crippen LogP contribution in [-0.2, 0) is 4.79 Å². The quantitative estimate of drug-likeness (QED) is 0.852. The lowest BCUT2D eigenvalue weighted by atomic mass is 10.1. The van der Waals surface area contributed by atoms with Crippen LogP contribution in [0.5, 0.6) is 0 Å². The van der Waals surface area contributed by atoms with Gasteiger partial charge >= 0.3 is 0 Å². The zero-order valence-electron chi connectivity index (χ0n) is 13.4. The number of aromatic nitrogens is 1. The molecule has 0 atom stereocenters. The molecule has 0 aliphatic heterocycles. The minimum atomic E-state index is -0.841. The van der Waals surface area contributed by atoms with Crippen LogP contribution in [0.4, 0.5) is 14.5 Å². The number of hydrogen-bond donors (Lipinski definition) is 1. The molecule has 2 rings (SSSR count). The van der Waals surface area contributed by atoms with E-state index in [9.17, 15) is 18.8 Å². The Morgan fingerprint density at radius 2 is 1.88 bits per heavy atom. The van der Waals surface area contributed by atoms with Crippen LogP contribution in [0, 0.1) is 43.7 Å². The number of halogens is 2. The number of pyridine rings is 1. The second kappa shape index (κ2) is 7.41. The van der Waals surface area contributed by atoms with Gasteiger partial charge in [-0.25, -0.2) is 13.8 Å². The molecule has 0 bridgehead atoms. The number of nitriles is 1. The van der Waals surface area contributed by atoms with Gasteiger partial charge in [0.05, 0.1) is 11.3 Å². The maximum Gasteiger partial charge on any atom is 0.234 e. The summed E-state index contributed by atoms with van der Waals surface area (Å²) in [5.74, 6) is -2.37. The van der Waals surface area contributed by atoms with E-state index in [2.05, 4.69) is 16.4 Å². The van der Waals surface area contributed by atoms with Crippen LogP contribution in [0.15, 0.2) is 23.2 Å². The third-order valence-electron chi connectivity index (χ3n) is 3.64. The highest BCUT2D eigenvalue weighted by Gasteiger charge is 2.16. The predicted octanol–water partition coefficient (Wildman–Crippen LogP) is 3.89. The number of aryl methyl sites for hydroxylation is 1. The lowest BCUT2D eigenvalue weighted by molar-refractivity contribution is -0.113. The average molecular weight is 347 g/mol. The number of thioether (sulfide) groups is 1. The first-order valence-corrected chi connectivity index (χ1v) is 8.08. The Balaban J connectivity index is 2.14. The first-order chi connectivity index (χ1) is 11.3. The fraction of sp³-hybridized carbons (Fsp3) is 0.235. The molecule has 0 unspecified atom stereocenters. The average Bonchev–Trinajstić information content (AvgIpc) is 2.54. The van der Waals surface area contributed by atoms with Crippen molar-refractivity contribution in [1.82, 2.24) is 4.98 Å². The maximum absolute atomic E-state index is 13.5. The monoisotopic (exact) mass is 347 g/mol. The van der Waals surface area contributed by atoms with Crippen molar-refractivity contribution in [3.8, 4) is 6.07 Å². The molecule has 0 spiro atoms. The summed E-state index contributed by atoms with van der Waals surface area (Å²) in [6.45, 7) is 5.52. The highest BCUT2D eigenvalue weighted by Crippen LogP contribution is 2.26. The van der Waals surface area contributed by atoms with E-state index in [0.29, 0.717) is 10.6 Å². The van der Waals surface area contributed by atoms with Gasteiger partial charge in [0.2, 0.25) is 5.91 Å². The summed E-state index contributed by atoms with van der Waals surface area (Å²) >= 11 is 1.06. The molecule has 7 heteroatoms. The van der Waals surface area contributed by atoms with Gasteiger partial charge in [0.25, 0.3) is 0 Å². The Kier molecular flexibility index (Phi) is 5.52. The summed E-state index contributed by atoms with van der Waals surface area (Å²) < 4.78 is 27.1. The summed E-state index contributed by atoms with van der Waals surface area (Å²) in [5, 5.41) is 11.9. The van der Waals surface area contributed by atoms with Crippen molar-refractivity contribution in [2.45, 2.75) is 25.8 Å². The second-order valence-electron chi connectivity index (χ2n) is 5.17. The first kappa shape index (κ1) is 17.9. The van der Waals surface area contributed by atoms with E-state index in [4.69, 9.17) is 0 Å². The van der Waals surface area contributed by atoms with Crippen molar-refractivity contribution < 1.29 is 13.6 Å². The van der Waals surface area contributed by atoms with E-state index in [1.165, 1.54) is 6.07 Å². The fourth-order valence-electron chi connectivity index (χ4n) is 2.07. The Hall–Kier alpha value is -2.46. The van der Waals surface area contributed by atoms with Gasteiger partial charge in [-0.2, -0.15) is 5.26 Å².